The number of nitrogens with one attached hydrogen (secondary N) is 1. The van der Waals surface area contributed by atoms with Crippen molar-refractivity contribution in [2.45, 2.75) is 13.0 Å². The highest BCUT2D eigenvalue weighted by Gasteiger charge is 2.10. The van der Waals surface area contributed by atoms with Gasteiger partial charge < -0.3 is 19.9 Å². The van der Waals surface area contributed by atoms with Crippen molar-refractivity contribution < 1.29 is 14.6 Å². The number of hydrogen-bond donors (Lipinski definition) is 2. The fourth-order valence-corrected chi connectivity index (χ4v) is 1.99. The molecule has 3 rings (SSSR count). The number of aromatic nitrogens is 1. The minimum Gasteiger partial charge on any atom is -0.506 e. The Bertz CT molecular complexity index is 584. The summed E-state index contributed by atoms with van der Waals surface area (Å²) in [7, 11) is 0. The molecule has 0 saturated carbocycles. The fraction of sp³-hybridized carbons (Fsp3) is 0.267. The summed E-state index contributed by atoms with van der Waals surface area (Å²) in [6.45, 7) is 1.95. The van der Waals surface area contributed by atoms with Crippen LogP contribution < -0.4 is 14.8 Å². The molecule has 2 heterocycles. The van der Waals surface area contributed by atoms with Crippen molar-refractivity contribution in [3.63, 3.8) is 0 Å². The number of nitrogens with zero attached hydrogens (tertiary/aromatic N) is 1. The third-order valence-corrected chi connectivity index (χ3v) is 3.03. The van der Waals surface area contributed by atoms with E-state index >= 15 is 0 Å². The van der Waals surface area contributed by atoms with E-state index in [1.54, 1.807) is 12.1 Å². The predicted molar refractivity (Wildman–Crippen MR) is 75.3 cm³/mol. The maximum atomic E-state index is 9.19. The van der Waals surface area contributed by atoms with Gasteiger partial charge in [-0.05, 0) is 24.3 Å². The molecular weight excluding hydrogens is 256 g/mol. The third kappa shape index (κ3) is 2.93. The molecule has 0 unspecified atom stereocenters. The van der Waals surface area contributed by atoms with Crippen LogP contribution in [-0.2, 0) is 6.54 Å². The Morgan fingerprint density at radius 2 is 1.95 bits per heavy atom. The lowest BCUT2D eigenvalue weighted by Gasteiger charge is -2.11. The number of anilines is 1. The lowest BCUT2D eigenvalue weighted by Crippen LogP contribution is -2.01. The molecule has 0 radical (unpaired) electrons. The topological polar surface area (TPSA) is 63.6 Å². The highest BCUT2D eigenvalue weighted by molar-refractivity contribution is 5.55. The summed E-state index contributed by atoms with van der Waals surface area (Å²) in [5.41, 5.74) is 1.80. The van der Waals surface area contributed by atoms with Crippen molar-refractivity contribution in [1.29, 1.82) is 0 Å². The minimum absolute atomic E-state index is 0.171. The molecule has 0 fully saturated rings. The van der Waals surface area contributed by atoms with Crippen LogP contribution in [0.25, 0.3) is 0 Å². The van der Waals surface area contributed by atoms with Crippen LogP contribution in [0.4, 0.5) is 5.69 Å². The predicted octanol–water partition coefficient (Wildman–Crippen LogP) is 2.56. The molecule has 2 aromatic rings. The Labute approximate surface area is 117 Å². The lowest BCUT2D eigenvalue weighted by atomic mass is 10.2. The highest BCUT2D eigenvalue weighted by atomic mass is 16.5. The van der Waals surface area contributed by atoms with Crippen LogP contribution in [-0.4, -0.2) is 23.3 Å². The van der Waals surface area contributed by atoms with E-state index in [-0.39, 0.29) is 5.75 Å². The third-order valence-electron chi connectivity index (χ3n) is 3.03. The minimum atomic E-state index is 0.171. The van der Waals surface area contributed by atoms with Gasteiger partial charge in [-0.3, -0.25) is 4.98 Å². The molecule has 0 spiro atoms. The summed E-state index contributed by atoms with van der Waals surface area (Å²) in [6.07, 6.45) is 2.33. The van der Waals surface area contributed by atoms with Gasteiger partial charge in [-0.2, -0.15) is 0 Å². The second-order valence-corrected chi connectivity index (χ2v) is 4.57. The summed E-state index contributed by atoms with van der Waals surface area (Å²) in [5.74, 6) is 1.73. The lowest BCUT2D eigenvalue weighted by molar-refractivity contribution is 0.297. The molecule has 5 nitrogen and oxygen atoms in total. The monoisotopic (exact) mass is 272 g/mol. The summed E-state index contributed by atoms with van der Waals surface area (Å²) < 4.78 is 11.2. The van der Waals surface area contributed by atoms with Gasteiger partial charge in [-0.15, -0.1) is 0 Å². The number of ether oxygens (including phenoxy) is 2. The Morgan fingerprint density at radius 1 is 1.10 bits per heavy atom. The first kappa shape index (κ1) is 12.6. The Balaban J connectivity index is 1.68. The fourth-order valence-electron chi connectivity index (χ4n) is 1.99. The van der Waals surface area contributed by atoms with Gasteiger partial charge in [0.2, 0.25) is 0 Å². The second kappa shape index (κ2) is 5.69. The zero-order valence-electron chi connectivity index (χ0n) is 11.0. The van der Waals surface area contributed by atoms with Gasteiger partial charge >= 0.3 is 0 Å². The Kier molecular flexibility index (Phi) is 3.58. The zero-order chi connectivity index (χ0) is 13.8. The van der Waals surface area contributed by atoms with Gasteiger partial charge in [0.05, 0.1) is 31.6 Å². The zero-order valence-corrected chi connectivity index (χ0v) is 11.0. The van der Waals surface area contributed by atoms with Crippen LogP contribution in [0.3, 0.4) is 0 Å². The van der Waals surface area contributed by atoms with Crippen LogP contribution in [0.5, 0.6) is 17.2 Å². The quantitative estimate of drug-likeness (QED) is 0.899. The van der Waals surface area contributed by atoms with E-state index in [1.165, 1.54) is 6.20 Å². The molecule has 0 bridgehead atoms. The van der Waals surface area contributed by atoms with E-state index in [1.807, 2.05) is 18.2 Å². The van der Waals surface area contributed by atoms with Crippen molar-refractivity contribution in [3.8, 4) is 17.2 Å². The molecule has 0 saturated heterocycles. The molecule has 104 valence electrons. The van der Waals surface area contributed by atoms with Crippen LogP contribution in [0, 0.1) is 0 Å². The first-order chi connectivity index (χ1) is 9.81. The maximum Gasteiger partial charge on any atom is 0.163 e. The molecule has 0 aliphatic carbocycles. The Hall–Kier alpha value is -2.43. The van der Waals surface area contributed by atoms with Crippen LogP contribution in [0.1, 0.15) is 12.1 Å². The van der Waals surface area contributed by atoms with Gasteiger partial charge in [0.15, 0.2) is 11.5 Å². The largest absolute Gasteiger partial charge is 0.506 e. The first-order valence-corrected chi connectivity index (χ1v) is 6.59. The number of fused-ring (bicyclic) bond motifs is 1. The summed E-state index contributed by atoms with van der Waals surface area (Å²) in [5, 5.41) is 12.5. The standard InChI is InChI=1S/C15H16N2O3/c18-13-4-2-12(17-10-13)9-16-11-3-5-14-15(8-11)20-7-1-6-19-14/h2-5,8,10,16,18H,1,6-7,9H2. The van der Waals surface area contributed by atoms with Crippen molar-refractivity contribution in [2.24, 2.45) is 0 Å². The van der Waals surface area contributed by atoms with Gasteiger partial charge in [0, 0.05) is 18.2 Å². The molecule has 5 heteroatoms. The average molecular weight is 272 g/mol. The maximum absolute atomic E-state index is 9.19. The van der Waals surface area contributed by atoms with E-state index < -0.39 is 0 Å². The molecule has 1 aliphatic rings. The van der Waals surface area contributed by atoms with Crippen molar-refractivity contribution >= 4 is 5.69 Å². The van der Waals surface area contributed by atoms with E-state index in [4.69, 9.17) is 9.47 Å². The van der Waals surface area contributed by atoms with Crippen LogP contribution in [0.2, 0.25) is 0 Å². The normalized spacial score (nSPS) is 13.6. The molecular formula is C15H16N2O3. The molecule has 2 N–H and O–H groups in total. The molecule has 0 atom stereocenters. The number of pyridine rings is 1. The van der Waals surface area contributed by atoms with Gasteiger partial charge in [0.25, 0.3) is 0 Å². The van der Waals surface area contributed by atoms with Crippen molar-refractivity contribution in [3.05, 3.63) is 42.2 Å². The molecule has 20 heavy (non-hydrogen) atoms. The van der Waals surface area contributed by atoms with Crippen molar-refractivity contribution in [2.75, 3.05) is 18.5 Å². The number of rotatable bonds is 3. The Morgan fingerprint density at radius 3 is 2.75 bits per heavy atom. The van der Waals surface area contributed by atoms with Crippen molar-refractivity contribution in [1.82, 2.24) is 4.98 Å². The summed E-state index contributed by atoms with van der Waals surface area (Å²) in [4.78, 5) is 4.13. The van der Waals surface area contributed by atoms with E-state index in [0.29, 0.717) is 19.8 Å². The summed E-state index contributed by atoms with van der Waals surface area (Å²) >= 11 is 0. The first-order valence-electron chi connectivity index (χ1n) is 6.59. The number of aromatic hydroxyl groups is 1. The highest BCUT2D eigenvalue weighted by Crippen LogP contribution is 2.32. The molecule has 0 amide bonds. The average Bonchev–Trinajstić information content (AvgIpc) is 2.71. The number of hydrogen-bond acceptors (Lipinski definition) is 5. The smallest absolute Gasteiger partial charge is 0.163 e. The van der Waals surface area contributed by atoms with Gasteiger partial charge in [-0.1, -0.05) is 0 Å². The van der Waals surface area contributed by atoms with Crippen LogP contribution >= 0.6 is 0 Å². The molecule has 1 aromatic carbocycles. The van der Waals surface area contributed by atoms with Gasteiger partial charge in [-0.25, -0.2) is 0 Å². The SMILES string of the molecule is Oc1ccc(CNc2ccc3c(c2)OCCCO3)nc1. The number of benzene rings is 1. The van der Waals surface area contributed by atoms with E-state index in [0.717, 1.165) is 29.3 Å². The second-order valence-electron chi connectivity index (χ2n) is 4.57. The molecule has 1 aliphatic heterocycles. The summed E-state index contributed by atoms with van der Waals surface area (Å²) in [6, 6.07) is 9.20. The van der Waals surface area contributed by atoms with E-state index in [2.05, 4.69) is 10.3 Å². The van der Waals surface area contributed by atoms with E-state index in [9.17, 15) is 5.11 Å². The molecule has 1 aromatic heterocycles. The van der Waals surface area contributed by atoms with Gasteiger partial charge in [0.1, 0.15) is 5.75 Å². The van der Waals surface area contributed by atoms with Crippen LogP contribution in [0.15, 0.2) is 36.5 Å².